The second-order valence-electron chi connectivity index (χ2n) is 7.13. The topological polar surface area (TPSA) is 59.3 Å². The fourth-order valence-electron chi connectivity index (χ4n) is 3.24. The molecule has 0 aliphatic heterocycles. The Bertz CT molecular complexity index is 1470. The molecule has 15 heteroatoms. The van der Waals surface area contributed by atoms with E-state index in [0.717, 1.165) is 18.2 Å². The second kappa shape index (κ2) is 8.80. The number of carbonyl (C=O) groups is 1. The van der Waals surface area contributed by atoms with Gasteiger partial charge in [-0.2, -0.15) is 18.3 Å². The molecule has 0 radical (unpaired) electrons. The van der Waals surface area contributed by atoms with Gasteiger partial charge in [0.15, 0.2) is 28.9 Å². The number of carbonyl (C=O) groups excluding carboxylic acids is 1. The normalized spacial score (nSPS) is 12.0. The van der Waals surface area contributed by atoms with Crippen LogP contribution in [-0.4, -0.2) is 20.5 Å². The lowest BCUT2D eigenvalue weighted by molar-refractivity contribution is -0.143. The minimum Gasteiger partial charge on any atom is -0.317 e. The highest BCUT2D eigenvalue weighted by Crippen LogP contribution is 2.38. The number of halogens is 10. The van der Waals surface area contributed by atoms with Crippen LogP contribution < -0.4 is 5.32 Å². The van der Waals surface area contributed by atoms with E-state index in [4.69, 9.17) is 0 Å². The Morgan fingerprint density at radius 3 is 2.03 bits per heavy atom. The first kappa shape index (κ1) is 24.9. The van der Waals surface area contributed by atoms with Crippen molar-refractivity contribution in [3.63, 3.8) is 0 Å². The molecule has 0 saturated carbocycles. The molecule has 0 unspecified atom stereocenters. The van der Waals surface area contributed by atoms with Crippen LogP contribution in [0.2, 0.25) is 0 Å². The Hall–Kier alpha value is -4.17. The standard InChI is InChI=1S/C21H8F10N4O/c22-8-3-1-7(2-4-8)10-5-11(18(27)28)35-19(33-10)9(6-32-35)20(36)34-17-15(25)13(23)12(21(29,30)31)14(24)16(17)26/h1-6,18H,(H,34,36). The Kier molecular flexibility index (Phi) is 6.10. The van der Waals surface area contributed by atoms with Crippen LogP contribution in [0.3, 0.4) is 0 Å². The van der Waals surface area contributed by atoms with E-state index in [-0.39, 0.29) is 11.3 Å². The summed E-state index contributed by atoms with van der Waals surface area (Å²) >= 11 is 0. The number of rotatable bonds is 4. The molecular weight excluding hydrogens is 514 g/mol. The SMILES string of the molecule is O=C(Nc1c(F)c(F)c(C(F)(F)F)c(F)c1F)c1cnn2c(C(F)F)cc(-c3ccc(F)cc3)nc12. The summed E-state index contributed by atoms with van der Waals surface area (Å²) < 4.78 is 135. The molecule has 36 heavy (non-hydrogen) atoms. The monoisotopic (exact) mass is 522 g/mol. The zero-order valence-corrected chi connectivity index (χ0v) is 17.1. The van der Waals surface area contributed by atoms with Crippen molar-refractivity contribution in [3.8, 4) is 11.3 Å². The van der Waals surface area contributed by atoms with Crippen LogP contribution in [0, 0.1) is 29.1 Å². The fourth-order valence-corrected chi connectivity index (χ4v) is 3.24. The van der Waals surface area contributed by atoms with E-state index in [2.05, 4.69) is 10.1 Å². The summed E-state index contributed by atoms with van der Waals surface area (Å²) in [5.41, 5.74) is -6.97. The lowest BCUT2D eigenvalue weighted by atomic mass is 10.1. The van der Waals surface area contributed by atoms with Gasteiger partial charge in [0.05, 0.1) is 11.9 Å². The number of alkyl halides is 5. The molecule has 2 aromatic carbocycles. The van der Waals surface area contributed by atoms with E-state index < -0.39 is 75.8 Å². The van der Waals surface area contributed by atoms with E-state index in [9.17, 15) is 48.7 Å². The maximum Gasteiger partial charge on any atom is 0.422 e. The average molecular weight is 522 g/mol. The van der Waals surface area contributed by atoms with Gasteiger partial charge in [0, 0.05) is 5.56 Å². The van der Waals surface area contributed by atoms with E-state index in [1.54, 1.807) is 0 Å². The molecule has 0 spiro atoms. The summed E-state index contributed by atoms with van der Waals surface area (Å²) in [5.74, 6) is -13.0. The van der Waals surface area contributed by atoms with Gasteiger partial charge in [-0.25, -0.2) is 40.2 Å². The van der Waals surface area contributed by atoms with Crippen LogP contribution in [0.15, 0.2) is 36.5 Å². The Morgan fingerprint density at radius 1 is 0.917 bits per heavy atom. The van der Waals surface area contributed by atoms with Crippen molar-refractivity contribution in [2.24, 2.45) is 0 Å². The molecule has 0 fully saturated rings. The predicted molar refractivity (Wildman–Crippen MR) is 103 cm³/mol. The number of hydrogen-bond acceptors (Lipinski definition) is 3. The summed E-state index contributed by atoms with van der Waals surface area (Å²) in [5, 5.41) is 4.93. The smallest absolute Gasteiger partial charge is 0.317 e. The fraction of sp³-hybridized carbons (Fsp3) is 0.0952. The minimum atomic E-state index is -5.80. The first-order chi connectivity index (χ1) is 16.8. The molecule has 5 nitrogen and oxygen atoms in total. The summed E-state index contributed by atoms with van der Waals surface area (Å²) in [6.45, 7) is 0. The molecule has 0 bridgehead atoms. The van der Waals surface area contributed by atoms with Crippen LogP contribution in [-0.2, 0) is 6.18 Å². The number of benzene rings is 2. The number of nitrogens with one attached hydrogen (secondary N) is 1. The van der Waals surface area contributed by atoms with E-state index in [1.165, 1.54) is 17.4 Å². The largest absolute Gasteiger partial charge is 0.422 e. The maximum atomic E-state index is 14.2. The number of aromatic nitrogens is 3. The second-order valence-corrected chi connectivity index (χ2v) is 7.13. The molecule has 1 N–H and O–H groups in total. The predicted octanol–water partition coefficient (Wildman–Crippen LogP) is 6.30. The molecule has 0 aliphatic rings. The minimum absolute atomic E-state index is 0.123. The first-order valence-corrected chi connectivity index (χ1v) is 9.48. The van der Waals surface area contributed by atoms with E-state index in [0.29, 0.717) is 10.7 Å². The lowest BCUT2D eigenvalue weighted by Gasteiger charge is -2.14. The molecule has 2 heterocycles. The third-order valence-electron chi connectivity index (χ3n) is 4.89. The van der Waals surface area contributed by atoms with Gasteiger partial charge in [-0.05, 0) is 30.3 Å². The van der Waals surface area contributed by atoms with Gasteiger partial charge >= 0.3 is 6.18 Å². The summed E-state index contributed by atoms with van der Waals surface area (Å²) in [4.78, 5) is 16.6. The molecule has 0 saturated heterocycles. The molecule has 0 atom stereocenters. The number of nitrogens with zero attached hydrogens (tertiary/aromatic N) is 3. The Labute approximate surface area is 193 Å². The van der Waals surface area contributed by atoms with Crippen molar-refractivity contribution in [3.05, 3.63) is 82.4 Å². The van der Waals surface area contributed by atoms with Crippen LogP contribution in [0.5, 0.6) is 0 Å². The number of hydrogen-bond donors (Lipinski definition) is 1. The quantitative estimate of drug-likeness (QED) is 0.253. The number of amides is 1. The van der Waals surface area contributed by atoms with Crippen molar-refractivity contribution in [2.45, 2.75) is 12.6 Å². The highest BCUT2D eigenvalue weighted by Gasteiger charge is 2.42. The highest BCUT2D eigenvalue weighted by atomic mass is 19.4. The van der Waals surface area contributed by atoms with Crippen LogP contribution in [0.25, 0.3) is 16.9 Å². The zero-order chi connectivity index (χ0) is 26.5. The van der Waals surface area contributed by atoms with Gasteiger partial charge in [0.2, 0.25) is 0 Å². The summed E-state index contributed by atoms with van der Waals surface area (Å²) in [6, 6.07) is 5.22. The Morgan fingerprint density at radius 2 is 1.50 bits per heavy atom. The Balaban J connectivity index is 1.83. The molecule has 1 amide bonds. The van der Waals surface area contributed by atoms with Gasteiger partial charge in [0.1, 0.15) is 28.3 Å². The summed E-state index contributed by atoms with van der Waals surface area (Å²) in [6.07, 6.45) is -8.35. The number of anilines is 1. The average Bonchev–Trinajstić information content (AvgIpc) is 3.23. The highest BCUT2D eigenvalue weighted by molar-refractivity contribution is 6.08. The summed E-state index contributed by atoms with van der Waals surface area (Å²) in [7, 11) is 0. The van der Waals surface area contributed by atoms with Crippen molar-refractivity contribution in [1.82, 2.24) is 14.6 Å². The van der Waals surface area contributed by atoms with Gasteiger partial charge in [-0.3, -0.25) is 4.79 Å². The van der Waals surface area contributed by atoms with Crippen LogP contribution >= 0.6 is 0 Å². The molecule has 188 valence electrons. The van der Waals surface area contributed by atoms with Gasteiger partial charge in [-0.1, -0.05) is 0 Å². The third kappa shape index (κ3) is 4.20. The third-order valence-corrected chi connectivity index (χ3v) is 4.89. The van der Waals surface area contributed by atoms with Crippen molar-refractivity contribution >= 4 is 17.2 Å². The van der Waals surface area contributed by atoms with Gasteiger partial charge in [0.25, 0.3) is 12.3 Å². The number of fused-ring (bicyclic) bond motifs is 1. The van der Waals surface area contributed by atoms with Crippen molar-refractivity contribution < 1.29 is 48.7 Å². The zero-order valence-electron chi connectivity index (χ0n) is 17.1. The van der Waals surface area contributed by atoms with Crippen molar-refractivity contribution in [2.75, 3.05) is 5.32 Å². The van der Waals surface area contributed by atoms with Gasteiger partial charge < -0.3 is 5.32 Å². The van der Waals surface area contributed by atoms with E-state index >= 15 is 0 Å². The molecule has 4 aromatic rings. The van der Waals surface area contributed by atoms with E-state index in [1.807, 2.05) is 0 Å². The first-order valence-electron chi connectivity index (χ1n) is 9.48. The van der Waals surface area contributed by atoms with Crippen LogP contribution in [0.1, 0.15) is 28.0 Å². The lowest BCUT2D eigenvalue weighted by Crippen LogP contribution is -2.20. The van der Waals surface area contributed by atoms with Gasteiger partial charge in [-0.15, -0.1) is 0 Å². The van der Waals surface area contributed by atoms with Crippen LogP contribution in [0.4, 0.5) is 49.6 Å². The molecular formula is C21H8F10N4O. The molecule has 0 aliphatic carbocycles. The maximum absolute atomic E-state index is 14.2. The molecule has 4 rings (SSSR count). The van der Waals surface area contributed by atoms with Crippen molar-refractivity contribution in [1.29, 1.82) is 0 Å². The molecule has 2 aromatic heterocycles.